The van der Waals surface area contributed by atoms with Crippen molar-refractivity contribution in [1.82, 2.24) is 5.43 Å². The van der Waals surface area contributed by atoms with Crippen molar-refractivity contribution in [2.24, 2.45) is 5.10 Å². The number of anilines is 1. The molecule has 2 aromatic rings. The summed E-state index contributed by atoms with van der Waals surface area (Å²) in [5, 5.41) is 15.9. The van der Waals surface area contributed by atoms with E-state index < -0.39 is 11.8 Å². The number of amides is 2. The second kappa shape index (κ2) is 7.75. The molecule has 0 saturated carbocycles. The molecule has 2 aromatic carbocycles. The molecule has 0 aliphatic rings. The van der Waals surface area contributed by atoms with Crippen molar-refractivity contribution in [3.8, 4) is 5.75 Å². The molecule has 118 valence electrons. The fourth-order valence-corrected chi connectivity index (χ4v) is 2.14. The van der Waals surface area contributed by atoms with Crippen molar-refractivity contribution in [3.63, 3.8) is 0 Å². The summed E-state index contributed by atoms with van der Waals surface area (Å²) in [7, 11) is 0. The predicted octanol–water partition coefficient (Wildman–Crippen LogP) is 2.90. The molecule has 0 saturated heterocycles. The van der Waals surface area contributed by atoms with Crippen LogP contribution in [0.15, 0.2) is 52.0 Å². The number of aromatic hydroxyl groups is 1. The van der Waals surface area contributed by atoms with Crippen LogP contribution in [0.3, 0.4) is 0 Å². The monoisotopic (exact) mass is 395 g/mol. The first-order valence-corrected chi connectivity index (χ1v) is 7.52. The minimum atomic E-state index is -0.962. The van der Waals surface area contributed by atoms with Crippen LogP contribution >= 0.6 is 27.5 Å². The first kappa shape index (κ1) is 17.0. The highest BCUT2D eigenvalue weighted by atomic mass is 79.9. The van der Waals surface area contributed by atoms with E-state index in [1.807, 2.05) is 0 Å². The minimum Gasteiger partial charge on any atom is -0.507 e. The fraction of sp³-hybridized carbons (Fsp3) is 0. The number of phenols is 1. The van der Waals surface area contributed by atoms with Gasteiger partial charge in [-0.2, -0.15) is 5.10 Å². The molecular formula is C15H11BrClN3O3. The van der Waals surface area contributed by atoms with E-state index in [-0.39, 0.29) is 5.75 Å². The van der Waals surface area contributed by atoms with Gasteiger partial charge in [0, 0.05) is 10.0 Å². The first-order valence-electron chi connectivity index (χ1n) is 6.35. The highest BCUT2D eigenvalue weighted by Crippen LogP contribution is 2.20. The molecule has 0 bridgehead atoms. The van der Waals surface area contributed by atoms with Crippen LogP contribution in [0.4, 0.5) is 5.69 Å². The van der Waals surface area contributed by atoms with E-state index in [2.05, 4.69) is 31.8 Å². The molecule has 0 unspecified atom stereocenters. The summed E-state index contributed by atoms with van der Waals surface area (Å²) in [5.41, 5.74) is 2.77. The number of phenolic OH excluding ortho intramolecular Hbond substituents is 1. The molecule has 8 heteroatoms. The summed E-state index contributed by atoms with van der Waals surface area (Å²) in [6.07, 6.45) is 1.22. The van der Waals surface area contributed by atoms with Crippen molar-refractivity contribution in [3.05, 3.63) is 57.5 Å². The number of rotatable bonds is 3. The molecule has 0 aliphatic carbocycles. The van der Waals surface area contributed by atoms with Crippen LogP contribution in [0.25, 0.3) is 0 Å². The Bertz CT molecular complexity index is 780. The summed E-state index contributed by atoms with van der Waals surface area (Å²) < 4.78 is 0.736. The maximum atomic E-state index is 11.7. The van der Waals surface area contributed by atoms with E-state index >= 15 is 0 Å². The number of hydrazone groups is 1. The third-order valence-electron chi connectivity index (χ3n) is 2.69. The molecule has 3 N–H and O–H groups in total. The average molecular weight is 397 g/mol. The zero-order chi connectivity index (χ0) is 16.8. The fourth-order valence-electron chi connectivity index (χ4n) is 1.58. The third-order valence-corrected chi connectivity index (χ3v) is 3.51. The first-order chi connectivity index (χ1) is 11.0. The van der Waals surface area contributed by atoms with Gasteiger partial charge in [-0.25, -0.2) is 5.43 Å². The number of carbonyl (C=O) groups is 2. The van der Waals surface area contributed by atoms with E-state index in [0.717, 1.165) is 4.47 Å². The standard InChI is InChI=1S/C15H11BrClN3O3/c16-10-5-6-13(21)9(7-10)8-18-20-15(23)14(22)19-12-4-2-1-3-11(12)17/h1-8,21H,(H,19,22)(H,20,23). The van der Waals surface area contributed by atoms with Gasteiger partial charge >= 0.3 is 11.8 Å². The lowest BCUT2D eigenvalue weighted by molar-refractivity contribution is -0.136. The molecule has 0 aliphatic heterocycles. The van der Waals surface area contributed by atoms with Crippen LogP contribution in [0, 0.1) is 0 Å². The molecule has 23 heavy (non-hydrogen) atoms. The molecule has 6 nitrogen and oxygen atoms in total. The van der Waals surface area contributed by atoms with Crippen LogP contribution in [0.5, 0.6) is 5.75 Å². The number of benzene rings is 2. The van der Waals surface area contributed by atoms with Crippen molar-refractivity contribution < 1.29 is 14.7 Å². The largest absolute Gasteiger partial charge is 0.507 e. The van der Waals surface area contributed by atoms with Crippen molar-refractivity contribution in [2.75, 3.05) is 5.32 Å². The maximum Gasteiger partial charge on any atom is 0.329 e. The highest BCUT2D eigenvalue weighted by Gasteiger charge is 2.14. The normalized spacial score (nSPS) is 10.5. The smallest absolute Gasteiger partial charge is 0.329 e. The summed E-state index contributed by atoms with van der Waals surface area (Å²) in [6.45, 7) is 0. The van der Waals surface area contributed by atoms with Crippen LogP contribution < -0.4 is 10.7 Å². The Morgan fingerprint density at radius 2 is 1.91 bits per heavy atom. The van der Waals surface area contributed by atoms with Crippen LogP contribution in [0.2, 0.25) is 5.02 Å². The van der Waals surface area contributed by atoms with Gasteiger partial charge in [0.25, 0.3) is 0 Å². The number of nitrogens with zero attached hydrogens (tertiary/aromatic N) is 1. The third kappa shape index (κ3) is 4.80. The van der Waals surface area contributed by atoms with Crippen molar-refractivity contribution >= 4 is 51.2 Å². The van der Waals surface area contributed by atoms with E-state index in [4.69, 9.17) is 11.6 Å². The van der Waals surface area contributed by atoms with Gasteiger partial charge in [-0.05, 0) is 30.3 Å². The Hall–Kier alpha value is -2.38. The average Bonchev–Trinajstić information content (AvgIpc) is 2.52. The molecule has 0 atom stereocenters. The quantitative estimate of drug-likeness (QED) is 0.423. The van der Waals surface area contributed by atoms with Crippen LogP contribution in [0.1, 0.15) is 5.56 Å². The Morgan fingerprint density at radius 1 is 1.17 bits per heavy atom. The Kier molecular flexibility index (Phi) is 5.72. The molecule has 0 heterocycles. The number of hydrogen-bond acceptors (Lipinski definition) is 4. The number of halogens is 2. The van der Waals surface area contributed by atoms with Gasteiger partial charge in [0.15, 0.2) is 0 Å². The zero-order valence-corrected chi connectivity index (χ0v) is 13.9. The van der Waals surface area contributed by atoms with Gasteiger partial charge in [0.1, 0.15) is 5.75 Å². The van der Waals surface area contributed by atoms with Crippen LogP contribution in [-0.2, 0) is 9.59 Å². The molecule has 0 aromatic heterocycles. The number of hydrogen-bond donors (Lipinski definition) is 3. The van der Waals surface area contributed by atoms with E-state index in [9.17, 15) is 14.7 Å². The zero-order valence-electron chi connectivity index (χ0n) is 11.6. The van der Waals surface area contributed by atoms with E-state index in [1.54, 1.807) is 36.4 Å². The maximum absolute atomic E-state index is 11.7. The molecule has 0 spiro atoms. The van der Waals surface area contributed by atoms with E-state index in [1.165, 1.54) is 12.3 Å². The highest BCUT2D eigenvalue weighted by molar-refractivity contribution is 9.10. The number of carbonyl (C=O) groups excluding carboxylic acids is 2. The predicted molar refractivity (Wildman–Crippen MR) is 91.6 cm³/mol. The molecule has 2 rings (SSSR count). The Balaban J connectivity index is 1.96. The lowest BCUT2D eigenvalue weighted by atomic mass is 10.2. The summed E-state index contributed by atoms with van der Waals surface area (Å²) in [4.78, 5) is 23.4. The second-order valence-electron chi connectivity index (χ2n) is 4.34. The Labute approximate surface area is 145 Å². The molecule has 2 amide bonds. The van der Waals surface area contributed by atoms with E-state index in [0.29, 0.717) is 16.3 Å². The molecular weight excluding hydrogens is 386 g/mol. The van der Waals surface area contributed by atoms with Crippen molar-refractivity contribution in [1.29, 1.82) is 0 Å². The number of para-hydroxylation sites is 1. The van der Waals surface area contributed by atoms with Gasteiger partial charge in [0.05, 0.1) is 16.9 Å². The van der Waals surface area contributed by atoms with Crippen LogP contribution in [-0.4, -0.2) is 23.1 Å². The topological polar surface area (TPSA) is 90.8 Å². The lowest BCUT2D eigenvalue weighted by Crippen LogP contribution is -2.32. The summed E-state index contributed by atoms with van der Waals surface area (Å²) in [5.74, 6) is -1.88. The van der Waals surface area contributed by atoms with Gasteiger partial charge in [-0.3, -0.25) is 9.59 Å². The molecule has 0 radical (unpaired) electrons. The summed E-state index contributed by atoms with van der Waals surface area (Å²) >= 11 is 9.13. The van der Waals surface area contributed by atoms with Gasteiger partial charge in [0.2, 0.25) is 0 Å². The molecule has 0 fully saturated rings. The van der Waals surface area contributed by atoms with Gasteiger partial charge in [-0.15, -0.1) is 0 Å². The second-order valence-corrected chi connectivity index (χ2v) is 5.66. The van der Waals surface area contributed by atoms with Gasteiger partial charge in [-0.1, -0.05) is 39.7 Å². The van der Waals surface area contributed by atoms with Crippen molar-refractivity contribution in [2.45, 2.75) is 0 Å². The lowest BCUT2D eigenvalue weighted by Gasteiger charge is -2.05. The summed E-state index contributed by atoms with van der Waals surface area (Å²) in [6, 6.07) is 11.3. The number of nitrogens with one attached hydrogen (secondary N) is 2. The minimum absolute atomic E-state index is 0.00767. The Morgan fingerprint density at radius 3 is 2.65 bits per heavy atom. The van der Waals surface area contributed by atoms with Gasteiger partial charge < -0.3 is 10.4 Å². The SMILES string of the molecule is O=C(NN=Cc1cc(Br)ccc1O)C(=O)Nc1ccccc1Cl.